The molecule has 29 heavy (non-hydrogen) atoms. The Hall–Kier alpha value is -2.49. The van der Waals surface area contributed by atoms with E-state index in [0.29, 0.717) is 0 Å². The lowest BCUT2D eigenvalue weighted by Gasteiger charge is -2.33. The average molecular weight is 396 g/mol. The van der Waals surface area contributed by atoms with Crippen LogP contribution in [0.1, 0.15) is 68.3 Å². The van der Waals surface area contributed by atoms with Crippen molar-refractivity contribution in [3.63, 3.8) is 0 Å². The van der Waals surface area contributed by atoms with Crippen molar-refractivity contribution in [1.29, 1.82) is 0 Å². The highest BCUT2D eigenvalue weighted by Crippen LogP contribution is 2.51. The van der Waals surface area contributed by atoms with Crippen LogP contribution in [-0.4, -0.2) is 17.8 Å². The molecule has 0 radical (unpaired) electrons. The van der Waals surface area contributed by atoms with E-state index in [1.54, 1.807) is 0 Å². The van der Waals surface area contributed by atoms with Gasteiger partial charge in [0.2, 0.25) is 0 Å². The topological polar surface area (TPSA) is 58.6 Å². The molecule has 2 aromatic rings. The largest absolute Gasteiger partial charge is 0.493 e. The molecule has 1 amide bonds. The summed E-state index contributed by atoms with van der Waals surface area (Å²) in [6.07, 6.45) is 2.84. The summed E-state index contributed by atoms with van der Waals surface area (Å²) >= 11 is 0. The van der Waals surface area contributed by atoms with Crippen LogP contribution < -0.4 is 10.1 Å². The van der Waals surface area contributed by atoms with E-state index in [-0.39, 0.29) is 11.5 Å². The SMILES string of the molecule is CCCOc1c(C)cc(-c2ccc3c(c2)CC(CC)(CC)C3NC(=O)O)cc1C. The Balaban J connectivity index is 1.99. The minimum atomic E-state index is -0.952. The molecule has 0 aromatic heterocycles. The van der Waals surface area contributed by atoms with Crippen molar-refractivity contribution in [3.8, 4) is 16.9 Å². The van der Waals surface area contributed by atoms with Crippen LogP contribution in [-0.2, 0) is 6.42 Å². The molecule has 4 heteroatoms. The highest BCUT2D eigenvalue weighted by Gasteiger charge is 2.44. The molecule has 2 N–H and O–H groups in total. The van der Waals surface area contributed by atoms with E-state index in [9.17, 15) is 9.90 Å². The van der Waals surface area contributed by atoms with Crippen LogP contribution in [0.5, 0.6) is 5.75 Å². The summed E-state index contributed by atoms with van der Waals surface area (Å²) in [5.74, 6) is 0.985. The number of nitrogens with one attached hydrogen (secondary N) is 1. The van der Waals surface area contributed by atoms with Gasteiger partial charge >= 0.3 is 6.09 Å². The van der Waals surface area contributed by atoms with Crippen molar-refractivity contribution < 1.29 is 14.6 Å². The fraction of sp³-hybridized carbons (Fsp3) is 0.480. The van der Waals surface area contributed by atoms with Crippen LogP contribution in [0.2, 0.25) is 0 Å². The fourth-order valence-corrected chi connectivity index (χ4v) is 4.84. The molecule has 0 spiro atoms. The molecule has 3 rings (SSSR count). The maximum absolute atomic E-state index is 11.4. The lowest BCUT2D eigenvalue weighted by atomic mass is 9.76. The second kappa shape index (κ2) is 8.48. The van der Waals surface area contributed by atoms with Gasteiger partial charge in [-0.25, -0.2) is 4.79 Å². The highest BCUT2D eigenvalue weighted by molar-refractivity contribution is 5.70. The van der Waals surface area contributed by atoms with E-state index in [0.717, 1.165) is 54.7 Å². The summed E-state index contributed by atoms with van der Waals surface area (Å²) in [6, 6.07) is 10.7. The number of hydrogen-bond acceptors (Lipinski definition) is 2. The lowest BCUT2D eigenvalue weighted by molar-refractivity contribution is 0.157. The highest BCUT2D eigenvalue weighted by atomic mass is 16.5. The number of carboxylic acid groups (broad SMARTS) is 1. The van der Waals surface area contributed by atoms with Gasteiger partial charge in [0, 0.05) is 0 Å². The summed E-state index contributed by atoms with van der Waals surface area (Å²) in [4.78, 5) is 11.4. The Bertz CT molecular complexity index is 876. The van der Waals surface area contributed by atoms with Crippen molar-refractivity contribution >= 4 is 6.09 Å². The zero-order valence-electron chi connectivity index (χ0n) is 18.3. The molecular formula is C25H33NO3. The number of amides is 1. The van der Waals surface area contributed by atoms with Crippen molar-refractivity contribution in [1.82, 2.24) is 5.32 Å². The van der Waals surface area contributed by atoms with Crippen molar-refractivity contribution in [2.75, 3.05) is 6.61 Å². The van der Waals surface area contributed by atoms with Crippen LogP contribution in [0.4, 0.5) is 4.79 Å². The molecule has 0 saturated carbocycles. The van der Waals surface area contributed by atoms with E-state index < -0.39 is 6.09 Å². The number of carbonyl (C=O) groups is 1. The monoisotopic (exact) mass is 395 g/mol. The van der Waals surface area contributed by atoms with E-state index >= 15 is 0 Å². The van der Waals surface area contributed by atoms with Crippen molar-refractivity contribution in [2.24, 2.45) is 5.41 Å². The number of aryl methyl sites for hydroxylation is 2. The van der Waals surface area contributed by atoms with E-state index in [4.69, 9.17) is 4.74 Å². The minimum absolute atomic E-state index is 0.0525. The fourth-order valence-electron chi connectivity index (χ4n) is 4.84. The molecule has 0 heterocycles. The molecule has 0 fully saturated rings. The quantitative estimate of drug-likeness (QED) is 0.568. The first-order valence-corrected chi connectivity index (χ1v) is 10.7. The summed E-state index contributed by atoms with van der Waals surface area (Å²) in [5, 5.41) is 12.2. The first-order valence-electron chi connectivity index (χ1n) is 10.7. The summed E-state index contributed by atoms with van der Waals surface area (Å²) in [7, 11) is 0. The molecule has 1 aliphatic carbocycles. The van der Waals surface area contributed by atoms with E-state index in [2.05, 4.69) is 70.3 Å². The van der Waals surface area contributed by atoms with Gasteiger partial charge < -0.3 is 15.2 Å². The minimum Gasteiger partial charge on any atom is -0.493 e. The lowest BCUT2D eigenvalue weighted by Crippen LogP contribution is -2.37. The van der Waals surface area contributed by atoms with Crippen LogP contribution in [0.25, 0.3) is 11.1 Å². The van der Waals surface area contributed by atoms with Crippen LogP contribution >= 0.6 is 0 Å². The van der Waals surface area contributed by atoms with Crippen LogP contribution in [0.3, 0.4) is 0 Å². The van der Waals surface area contributed by atoms with Gasteiger partial charge in [0.05, 0.1) is 12.6 Å². The Labute approximate surface area is 174 Å². The molecular weight excluding hydrogens is 362 g/mol. The Morgan fingerprint density at radius 3 is 2.31 bits per heavy atom. The second-order valence-electron chi connectivity index (χ2n) is 8.33. The molecule has 1 unspecified atom stereocenters. The van der Waals surface area contributed by atoms with Gasteiger partial charge in [-0.05, 0) is 90.5 Å². The van der Waals surface area contributed by atoms with Crippen molar-refractivity contribution in [3.05, 3.63) is 52.6 Å². The third-order valence-electron chi connectivity index (χ3n) is 6.53. The standard InChI is InChI=1S/C25H33NO3/c1-6-11-29-22-16(4)12-19(13-17(22)5)18-9-10-21-20(14-18)15-25(7-2,8-3)23(21)26-24(27)28/h9-10,12-14,23,26H,6-8,11,15H2,1-5H3,(H,27,28). The number of fused-ring (bicyclic) bond motifs is 1. The molecule has 1 aliphatic rings. The van der Waals surface area contributed by atoms with Gasteiger partial charge in [-0.15, -0.1) is 0 Å². The molecule has 156 valence electrons. The Morgan fingerprint density at radius 1 is 1.10 bits per heavy atom. The number of benzene rings is 2. The van der Waals surface area contributed by atoms with Crippen LogP contribution in [0, 0.1) is 19.3 Å². The average Bonchev–Trinajstić information content (AvgIpc) is 3.00. The van der Waals surface area contributed by atoms with E-state index in [1.165, 1.54) is 16.7 Å². The molecule has 0 aliphatic heterocycles. The van der Waals surface area contributed by atoms with Gasteiger partial charge in [0.25, 0.3) is 0 Å². The Morgan fingerprint density at radius 2 is 1.76 bits per heavy atom. The molecule has 1 atom stereocenters. The molecule has 4 nitrogen and oxygen atoms in total. The Kier molecular flexibility index (Phi) is 6.21. The third kappa shape index (κ3) is 3.98. The normalized spacial score (nSPS) is 17.1. The first-order chi connectivity index (χ1) is 13.8. The zero-order valence-corrected chi connectivity index (χ0v) is 18.3. The molecule has 2 aromatic carbocycles. The van der Waals surface area contributed by atoms with Gasteiger partial charge in [-0.3, -0.25) is 0 Å². The summed E-state index contributed by atoms with van der Waals surface area (Å²) in [5.41, 5.74) is 6.98. The third-order valence-corrected chi connectivity index (χ3v) is 6.53. The maximum Gasteiger partial charge on any atom is 0.405 e. The van der Waals surface area contributed by atoms with Crippen molar-refractivity contribution in [2.45, 2.75) is 66.3 Å². The van der Waals surface area contributed by atoms with Gasteiger partial charge in [0.1, 0.15) is 5.75 Å². The predicted molar refractivity (Wildman–Crippen MR) is 118 cm³/mol. The number of hydrogen-bond donors (Lipinski definition) is 2. The maximum atomic E-state index is 11.4. The van der Waals surface area contributed by atoms with Crippen LogP contribution in [0.15, 0.2) is 30.3 Å². The van der Waals surface area contributed by atoms with Gasteiger partial charge in [-0.1, -0.05) is 39.0 Å². The number of ether oxygens (including phenoxy) is 1. The second-order valence-corrected chi connectivity index (χ2v) is 8.33. The summed E-state index contributed by atoms with van der Waals surface area (Å²) < 4.78 is 5.93. The van der Waals surface area contributed by atoms with Gasteiger partial charge in [0.15, 0.2) is 0 Å². The number of rotatable bonds is 7. The first kappa shape index (κ1) is 21.2. The van der Waals surface area contributed by atoms with E-state index in [1.807, 2.05) is 0 Å². The smallest absolute Gasteiger partial charge is 0.405 e. The zero-order chi connectivity index (χ0) is 21.2. The molecule has 0 bridgehead atoms. The van der Waals surface area contributed by atoms with Gasteiger partial charge in [-0.2, -0.15) is 0 Å². The summed E-state index contributed by atoms with van der Waals surface area (Å²) in [6.45, 7) is 11.4. The molecule has 0 saturated heterocycles. The predicted octanol–water partition coefficient (Wildman–Crippen LogP) is 6.43.